The van der Waals surface area contributed by atoms with Gasteiger partial charge in [0.25, 0.3) is 0 Å². The lowest BCUT2D eigenvalue weighted by atomic mass is 9.49. The molecule has 0 unspecified atom stereocenters. The number of hydrogen-bond donors (Lipinski definition) is 0. The maximum absolute atomic E-state index is 12.5. The molecule has 4 aliphatic carbocycles. The Kier molecular flexibility index (Phi) is 3.17. The number of ketones is 2. The molecule has 0 aromatic rings. The predicted molar refractivity (Wildman–Crippen MR) is 87.6 cm³/mol. The van der Waals surface area contributed by atoms with Crippen LogP contribution in [-0.2, 0) is 14.3 Å². The molecule has 0 radical (unpaired) electrons. The molecule has 4 aliphatic rings. The van der Waals surface area contributed by atoms with Gasteiger partial charge in [-0.05, 0) is 55.6 Å². The zero-order valence-corrected chi connectivity index (χ0v) is 14.4. The maximum atomic E-state index is 12.5. The first kappa shape index (κ1) is 15.2. The number of Topliss-reactive ketones (excluding diaryl/α,β-unsaturated/α-hetero) is 1. The van der Waals surface area contributed by atoms with Gasteiger partial charge in [0.05, 0.1) is 7.11 Å². The van der Waals surface area contributed by atoms with E-state index in [1.165, 1.54) is 0 Å². The minimum Gasteiger partial charge on any atom is -0.497 e. The van der Waals surface area contributed by atoms with Crippen LogP contribution in [0.1, 0.15) is 52.4 Å². The van der Waals surface area contributed by atoms with E-state index in [0.29, 0.717) is 30.0 Å². The summed E-state index contributed by atoms with van der Waals surface area (Å²) in [4.78, 5) is 24.4. The van der Waals surface area contributed by atoms with Crippen LogP contribution in [0, 0.1) is 28.6 Å². The average molecular weight is 314 g/mol. The molecule has 5 atom stereocenters. The second-order valence-electron chi connectivity index (χ2n) is 8.39. The third kappa shape index (κ3) is 1.88. The van der Waals surface area contributed by atoms with Crippen LogP contribution in [-0.4, -0.2) is 18.7 Å². The molecule has 4 rings (SSSR count). The molecule has 124 valence electrons. The van der Waals surface area contributed by atoms with E-state index in [4.69, 9.17) is 4.74 Å². The van der Waals surface area contributed by atoms with Crippen molar-refractivity contribution in [3.8, 4) is 0 Å². The molecule has 0 amide bonds. The Bertz CT molecular complexity index is 643. The summed E-state index contributed by atoms with van der Waals surface area (Å²) in [5.74, 6) is 2.93. The van der Waals surface area contributed by atoms with Gasteiger partial charge in [-0.25, -0.2) is 0 Å². The number of methoxy groups -OCH3 is 1. The first-order valence-corrected chi connectivity index (χ1v) is 8.94. The fraction of sp³-hybridized carbons (Fsp3) is 0.700. The molecule has 0 N–H and O–H groups in total. The summed E-state index contributed by atoms with van der Waals surface area (Å²) in [6.45, 7) is 4.50. The topological polar surface area (TPSA) is 43.4 Å². The Morgan fingerprint density at radius 1 is 1.04 bits per heavy atom. The van der Waals surface area contributed by atoms with Crippen LogP contribution in [0.3, 0.4) is 0 Å². The molecule has 3 nitrogen and oxygen atoms in total. The van der Waals surface area contributed by atoms with Gasteiger partial charge >= 0.3 is 0 Å². The number of ether oxygens (including phenoxy) is 1. The molecule has 0 aromatic carbocycles. The van der Waals surface area contributed by atoms with Crippen molar-refractivity contribution >= 4 is 11.6 Å². The van der Waals surface area contributed by atoms with Gasteiger partial charge in [0.1, 0.15) is 11.5 Å². The summed E-state index contributed by atoms with van der Waals surface area (Å²) in [7, 11) is 1.70. The molecule has 23 heavy (non-hydrogen) atoms. The number of hydrogen-bond acceptors (Lipinski definition) is 3. The van der Waals surface area contributed by atoms with Crippen LogP contribution in [0.15, 0.2) is 23.5 Å². The van der Waals surface area contributed by atoms with E-state index in [2.05, 4.69) is 19.9 Å². The fourth-order valence-electron chi connectivity index (χ4n) is 6.04. The van der Waals surface area contributed by atoms with Gasteiger partial charge in [-0.2, -0.15) is 0 Å². The molecule has 0 saturated heterocycles. The standard InChI is InChI=1S/C20H26O3/c1-19-8-6-12(21)10-16(19)17(23-3)11-13-14-4-5-18(22)20(14,2)9-7-15(13)19/h10-11,13-15H,4-9H2,1-3H3/t13-,14-,15-,19+,20-/m0/s1. The van der Waals surface area contributed by atoms with Crippen LogP contribution in [0.4, 0.5) is 0 Å². The van der Waals surface area contributed by atoms with Gasteiger partial charge < -0.3 is 4.74 Å². The summed E-state index contributed by atoms with van der Waals surface area (Å²) in [6, 6.07) is 0. The minimum atomic E-state index is -0.140. The number of allylic oxidation sites excluding steroid dienone is 3. The monoisotopic (exact) mass is 314 g/mol. The lowest BCUT2D eigenvalue weighted by Gasteiger charge is -2.55. The van der Waals surface area contributed by atoms with E-state index in [0.717, 1.165) is 43.4 Å². The Morgan fingerprint density at radius 2 is 1.78 bits per heavy atom. The van der Waals surface area contributed by atoms with Gasteiger partial charge in [-0.3, -0.25) is 9.59 Å². The zero-order chi connectivity index (χ0) is 16.4. The Morgan fingerprint density at radius 3 is 2.52 bits per heavy atom. The van der Waals surface area contributed by atoms with Gasteiger partial charge in [-0.1, -0.05) is 13.8 Å². The van der Waals surface area contributed by atoms with Crippen LogP contribution in [0.5, 0.6) is 0 Å². The third-order valence-corrected chi connectivity index (χ3v) is 7.50. The van der Waals surface area contributed by atoms with E-state index < -0.39 is 0 Å². The molecule has 2 fully saturated rings. The third-order valence-electron chi connectivity index (χ3n) is 7.50. The fourth-order valence-corrected chi connectivity index (χ4v) is 6.04. The van der Waals surface area contributed by atoms with E-state index >= 15 is 0 Å². The molecule has 0 aromatic heterocycles. The molecular weight excluding hydrogens is 288 g/mol. The highest BCUT2D eigenvalue weighted by Gasteiger charge is 2.59. The molecular formula is C20H26O3. The quantitative estimate of drug-likeness (QED) is 0.738. The summed E-state index contributed by atoms with van der Waals surface area (Å²) in [6.07, 6.45) is 9.46. The number of carbonyl (C=O) groups is 2. The average Bonchev–Trinajstić information content (AvgIpc) is 2.83. The molecule has 0 aliphatic heterocycles. The van der Waals surface area contributed by atoms with Gasteiger partial charge in [0, 0.05) is 29.2 Å². The van der Waals surface area contributed by atoms with E-state index in [9.17, 15) is 9.59 Å². The molecule has 0 heterocycles. The molecule has 2 saturated carbocycles. The molecule has 0 spiro atoms. The van der Waals surface area contributed by atoms with Gasteiger partial charge in [-0.15, -0.1) is 0 Å². The Balaban J connectivity index is 1.83. The van der Waals surface area contributed by atoms with Crippen molar-refractivity contribution < 1.29 is 14.3 Å². The number of fused-ring (bicyclic) bond motifs is 5. The summed E-state index contributed by atoms with van der Waals surface area (Å²) in [5, 5.41) is 0. The van der Waals surface area contributed by atoms with E-state index in [-0.39, 0.29) is 16.6 Å². The van der Waals surface area contributed by atoms with Crippen LogP contribution >= 0.6 is 0 Å². The van der Waals surface area contributed by atoms with E-state index in [1.807, 2.05) is 6.08 Å². The van der Waals surface area contributed by atoms with Crippen LogP contribution < -0.4 is 0 Å². The summed E-state index contributed by atoms with van der Waals surface area (Å²) in [5.41, 5.74) is 0.981. The Hall–Kier alpha value is -1.38. The second kappa shape index (κ2) is 4.81. The van der Waals surface area contributed by atoms with Crippen molar-refractivity contribution in [2.45, 2.75) is 52.4 Å². The summed E-state index contributed by atoms with van der Waals surface area (Å²) < 4.78 is 5.69. The highest BCUT2D eigenvalue weighted by molar-refractivity contribution is 5.92. The lowest BCUT2D eigenvalue weighted by molar-refractivity contribution is -0.130. The second-order valence-corrected chi connectivity index (χ2v) is 8.39. The minimum absolute atomic E-state index is 0.0195. The summed E-state index contributed by atoms with van der Waals surface area (Å²) >= 11 is 0. The lowest BCUT2D eigenvalue weighted by Crippen LogP contribution is -2.50. The van der Waals surface area contributed by atoms with E-state index in [1.54, 1.807) is 7.11 Å². The van der Waals surface area contributed by atoms with Crippen molar-refractivity contribution in [2.75, 3.05) is 7.11 Å². The van der Waals surface area contributed by atoms with Crippen molar-refractivity contribution in [3.63, 3.8) is 0 Å². The molecule has 3 heteroatoms. The van der Waals surface area contributed by atoms with Gasteiger partial charge in [0.2, 0.25) is 0 Å². The number of rotatable bonds is 1. The van der Waals surface area contributed by atoms with Crippen molar-refractivity contribution in [1.82, 2.24) is 0 Å². The highest BCUT2D eigenvalue weighted by Crippen LogP contribution is 2.63. The zero-order valence-electron chi connectivity index (χ0n) is 14.4. The van der Waals surface area contributed by atoms with Crippen LogP contribution in [0.2, 0.25) is 0 Å². The molecule has 0 bridgehead atoms. The first-order chi connectivity index (χ1) is 10.9. The largest absolute Gasteiger partial charge is 0.497 e. The normalized spacial score (nSPS) is 45.6. The number of carbonyl (C=O) groups excluding carboxylic acids is 2. The van der Waals surface area contributed by atoms with Crippen molar-refractivity contribution in [3.05, 3.63) is 23.5 Å². The van der Waals surface area contributed by atoms with Crippen molar-refractivity contribution in [1.29, 1.82) is 0 Å². The predicted octanol–water partition coefficient (Wildman–Crippen LogP) is 3.84. The van der Waals surface area contributed by atoms with Crippen molar-refractivity contribution in [2.24, 2.45) is 28.6 Å². The highest BCUT2D eigenvalue weighted by atomic mass is 16.5. The first-order valence-electron chi connectivity index (χ1n) is 8.94. The smallest absolute Gasteiger partial charge is 0.156 e. The maximum Gasteiger partial charge on any atom is 0.156 e. The SMILES string of the molecule is COC1=C[C@@H]2[C@H](CC[C@]3(C)C(=O)CC[C@@H]23)[C@@]2(C)CCC(=O)C=C12. The van der Waals surface area contributed by atoms with Gasteiger partial charge in [0.15, 0.2) is 5.78 Å². The van der Waals surface area contributed by atoms with Crippen LogP contribution in [0.25, 0.3) is 0 Å². The Labute approximate surface area is 138 Å².